The van der Waals surface area contributed by atoms with Gasteiger partial charge in [0, 0.05) is 13.7 Å². The van der Waals surface area contributed by atoms with E-state index in [9.17, 15) is 0 Å². The molecule has 13 heavy (non-hydrogen) atoms. The van der Waals surface area contributed by atoms with Crippen molar-refractivity contribution in [3.05, 3.63) is 0 Å². The highest BCUT2D eigenvalue weighted by atomic mass is 16.5. The highest BCUT2D eigenvalue weighted by molar-refractivity contribution is 4.69. The largest absolute Gasteiger partial charge is 0.385 e. The normalized spacial score (nSPS) is 18.2. The minimum Gasteiger partial charge on any atom is -0.385 e. The number of methoxy groups -OCH3 is 1. The summed E-state index contributed by atoms with van der Waals surface area (Å²) in [4.78, 5) is 0. The Morgan fingerprint density at radius 3 is 2.69 bits per heavy atom. The Bertz CT molecular complexity index is 111. The van der Waals surface area contributed by atoms with Gasteiger partial charge in [0.05, 0.1) is 0 Å². The maximum absolute atomic E-state index is 4.99. The molecule has 1 aliphatic rings. The summed E-state index contributed by atoms with van der Waals surface area (Å²) in [6, 6.07) is 0. The van der Waals surface area contributed by atoms with Crippen LogP contribution in [0.5, 0.6) is 0 Å². The van der Waals surface area contributed by atoms with Crippen LogP contribution in [0.4, 0.5) is 0 Å². The third kappa shape index (κ3) is 5.27. The molecule has 0 spiro atoms. The molecule has 0 bridgehead atoms. The number of hydrogen-bond acceptors (Lipinski definition) is 2. The molecule has 0 unspecified atom stereocenters. The molecule has 0 aromatic heterocycles. The number of unbranched alkanes of at least 4 members (excludes halogenated alkanes) is 1. The average molecular weight is 185 g/mol. The number of rotatable bonds is 7. The summed E-state index contributed by atoms with van der Waals surface area (Å²) in [6.45, 7) is 3.32. The van der Waals surface area contributed by atoms with Gasteiger partial charge in [-0.05, 0) is 44.7 Å². The van der Waals surface area contributed by atoms with Crippen molar-refractivity contribution >= 4 is 0 Å². The van der Waals surface area contributed by atoms with Gasteiger partial charge in [-0.15, -0.1) is 0 Å². The highest BCUT2D eigenvalue weighted by Gasteiger charge is 2.13. The fourth-order valence-corrected chi connectivity index (χ4v) is 2.02. The van der Waals surface area contributed by atoms with Crippen molar-refractivity contribution in [1.82, 2.24) is 5.32 Å². The average Bonchev–Trinajstić information content (AvgIpc) is 2.63. The molecule has 0 atom stereocenters. The molecule has 0 saturated heterocycles. The Hall–Kier alpha value is -0.0800. The molecule has 0 aromatic rings. The lowest BCUT2D eigenvalue weighted by Crippen LogP contribution is -2.22. The Morgan fingerprint density at radius 2 is 2.00 bits per heavy atom. The van der Waals surface area contributed by atoms with Gasteiger partial charge in [0.2, 0.25) is 0 Å². The van der Waals surface area contributed by atoms with Crippen LogP contribution in [0, 0.1) is 5.92 Å². The van der Waals surface area contributed by atoms with Gasteiger partial charge in [-0.1, -0.05) is 12.8 Å². The lowest BCUT2D eigenvalue weighted by atomic mass is 10.1. The van der Waals surface area contributed by atoms with Crippen molar-refractivity contribution in [2.45, 2.75) is 38.5 Å². The standard InChI is InChI=1S/C11H23NO/c1-13-9-5-4-8-12-10-11-6-2-3-7-11/h11-12H,2-10H2,1H3. The number of nitrogens with one attached hydrogen (secondary N) is 1. The van der Waals surface area contributed by atoms with Gasteiger partial charge in [0.1, 0.15) is 0 Å². The summed E-state index contributed by atoms with van der Waals surface area (Å²) in [6.07, 6.45) is 8.25. The van der Waals surface area contributed by atoms with Crippen LogP contribution in [0.2, 0.25) is 0 Å². The second kappa shape index (κ2) is 7.34. The summed E-state index contributed by atoms with van der Waals surface area (Å²) < 4.78 is 4.99. The van der Waals surface area contributed by atoms with E-state index in [-0.39, 0.29) is 0 Å². The van der Waals surface area contributed by atoms with Crippen LogP contribution in [0.15, 0.2) is 0 Å². The first kappa shape index (κ1) is 11.0. The van der Waals surface area contributed by atoms with Gasteiger partial charge in [-0.3, -0.25) is 0 Å². The number of ether oxygens (including phenoxy) is 1. The van der Waals surface area contributed by atoms with Crippen molar-refractivity contribution in [2.24, 2.45) is 5.92 Å². The highest BCUT2D eigenvalue weighted by Crippen LogP contribution is 2.23. The summed E-state index contributed by atoms with van der Waals surface area (Å²) >= 11 is 0. The van der Waals surface area contributed by atoms with Crippen LogP contribution in [-0.4, -0.2) is 26.8 Å². The first-order valence-corrected chi connectivity index (χ1v) is 5.63. The molecular formula is C11H23NO. The van der Waals surface area contributed by atoms with Crippen molar-refractivity contribution in [3.8, 4) is 0 Å². The Kier molecular flexibility index (Phi) is 6.21. The van der Waals surface area contributed by atoms with Crippen LogP contribution < -0.4 is 5.32 Å². The number of hydrogen-bond donors (Lipinski definition) is 1. The van der Waals surface area contributed by atoms with E-state index in [1.807, 2.05) is 0 Å². The summed E-state index contributed by atoms with van der Waals surface area (Å²) in [5.41, 5.74) is 0. The smallest absolute Gasteiger partial charge is 0.0462 e. The maximum Gasteiger partial charge on any atom is 0.0462 e. The summed E-state index contributed by atoms with van der Waals surface area (Å²) in [5, 5.41) is 3.53. The second-order valence-electron chi connectivity index (χ2n) is 4.05. The molecule has 1 saturated carbocycles. The molecule has 78 valence electrons. The Balaban J connectivity index is 1.78. The van der Waals surface area contributed by atoms with Crippen LogP contribution in [0.3, 0.4) is 0 Å². The molecular weight excluding hydrogens is 162 g/mol. The third-order valence-electron chi connectivity index (χ3n) is 2.86. The van der Waals surface area contributed by atoms with Crippen molar-refractivity contribution in [2.75, 3.05) is 26.8 Å². The van der Waals surface area contributed by atoms with Gasteiger partial charge in [0.15, 0.2) is 0 Å². The minimum atomic E-state index is 0.908. The summed E-state index contributed by atoms with van der Waals surface area (Å²) in [7, 11) is 1.77. The first-order valence-electron chi connectivity index (χ1n) is 5.63. The fraction of sp³-hybridized carbons (Fsp3) is 1.00. The molecule has 2 nitrogen and oxygen atoms in total. The van der Waals surface area contributed by atoms with Crippen molar-refractivity contribution in [1.29, 1.82) is 0 Å². The van der Waals surface area contributed by atoms with Gasteiger partial charge in [-0.25, -0.2) is 0 Å². The lowest BCUT2D eigenvalue weighted by molar-refractivity contribution is 0.192. The van der Waals surface area contributed by atoms with E-state index >= 15 is 0 Å². The van der Waals surface area contributed by atoms with E-state index in [0.29, 0.717) is 0 Å². The SMILES string of the molecule is COCCCCNCC1CCCC1. The Morgan fingerprint density at radius 1 is 1.23 bits per heavy atom. The second-order valence-corrected chi connectivity index (χ2v) is 4.05. The van der Waals surface area contributed by atoms with Crippen LogP contribution in [0.25, 0.3) is 0 Å². The summed E-state index contributed by atoms with van der Waals surface area (Å²) in [5.74, 6) is 0.974. The predicted octanol–water partition coefficient (Wildman–Crippen LogP) is 2.19. The molecule has 0 heterocycles. The van der Waals surface area contributed by atoms with Crippen molar-refractivity contribution in [3.63, 3.8) is 0 Å². The van der Waals surface area contributed by atoms with E-state index in [1.165, 1.54) is 51.6 Å². The molecule has 1 rings (SSSR count). The fourth-order valence-electron chi connectivity index (χ4n) is 2.02. The zero-order valence-corrected chi connectivity index (χ0v) is 8.85. The lowest BCUT2D eigenvalue weighted by Gasteiger charge is -2.09. The zero-order chi connectivity index (χ0) is 9.36. The van der Waals surface area contributed by atoms with Crippen LogP contribution >= 0.6 is 0 Å². The molecule has 1 fully saturated rings. The predicted molar refractivity (Wildman–Crippen MR) is 55.9 cm³/mol. The topological polar surface area (TPSA) is 21.3 Å². The first-order chi connectivity index (χ1) is 6.43. The van der Waals surface area contributed by atoms with E-state index < -0.39 is 0 Å². The van der Waals surface area contributed by atoms with Crippen LogP contribution in [0.1, 0.15) is 38.5 Å². The molecule has 2 heteroatoms. The zero-order valence-electron chi connectivity index (χ0n) is 8.85. The van der Waals surface area contributed by atoms with E-state index in [1.54, 1.807) is 7.11 Å². The van der Waals surface area contributed by atoms with E-state index in [0.717, 1.165) is 12.5 Å². The molecule has 1 aliphatic carbocycles. The van der Waals surface area contributed by atoms with Crippen molar-refractivity contribution < 1.29 is 4.74 Å². The van der Waals surface area contributed by atoms with Gasteiger partial charge in [-0.2, -0.15) is 0 Å². The minimum absolute atomic E-state index is 0.908. The molecule has 0 radical (unpaired) electrons. The molecule has 1 N–H and O–H groups in total. The van der Waals surface area contributed by atoms with Crippen LogP contribution in [-0.2, 0) is 4.74 Å². The third-order valence-corrected chi connectivity index (χ3v) is 2.86. The van der Waals surface area contributed by atoms with E-state index in [2.05, 4.69) is 5.32 Å². The molecule has 0 amide bonds. The van der Waals surface area contributed by atoms with Gasteiger partial charge >= 0.3 is 0 Å². The molecule has 0 aromatic carbocycles. The molecule has 0 aliphatic heterocycles. The maximum atomic E-state index is 4.99. The van der Waals surface area contributed by atoms with Gasteiger partial charge in [0.25, 0.3) is 0 Å². The quantitative estimate of drug-likeness (QED) is 0.614. The van der Waals surface area contributed by atoms with Gasteiger partial charge < -0.3 is 10.1 Å². The Labute approximate surface area is 82.0 Å². The monoisotopic (exact) mass is 185 g/mol. The van der Waals surface area contributed by atoms with E-state index in [4.69, 9.17) is 4.74 Å².